The largest absolute Gasteiger partial charge is 0.480 e. The van der Waals surface area contributed by atoms with Crippen molar-refractivity contribution >= 4 is 16.0 Å². The molecule has 2 aromatic carbocycles. The van der Waals surface area contributed by atoms with Crippen LogP contribution in [0.2, 0.25) is 0 Å². The van der Waals surface area contributed by atoms with Crippen molar-refractivity contribution < 1.29 is 18.3 Å². The lowest BCUT2D eigenvalue weighted by molar-refractivity contribution is -0.138. The minimum Gasteiger partial charge on any atom is -0.480 e. The van der Waals surface area contributed by atoms with E-state index in [4.69, 9.17) is 5.11 Å². The van der Waals surface area contributed by atoms with Crippen LogP contribution in [-0.2, 0) is 14.8 Å². The summed E-state index contributed by atoms with van der Waals surface area (Å²) in [6, 6.07) is 15.5. The number of aryl methyl sites for hydroxylation is 1. The summed E-state index contributed by atoms with van der Waals surface area (Å²) >= 11 is 0. The van der Waals surface area contributed by atoms with Crippen LogP contribution in [0.25, 0.3) is 0 Å². The summed E-state index contributed by atoms with van der Waals surface area (Å²) < 4.78 is 28.2. The standard InChI is InChI=1S/C19H24N2O4S/c1-15-8-10-17(11-9-15)26(24,25)20-18(16-6-4-3-5-7-16)12-13-21(2)14-19(22)23/h3-11,18,20H,12-14H2,1-2H3,(H,22,23). The van der Waals surface area contributed by atoms with Gasteiger partial charge in [-0.05, 0) is 38.1 Å². The fourth-order valence-electron chi connectivity index (χ4n) is 2.61. The van der Waals surface area contributed by atoms with Crippen molar-refractivity contribution in [1.82, 2.24) is 9.62 Å². The van der Waals surface area contributed by atoms with Crippen molar-refractivity contribution in [3.05, 3.63) is 65.7 Å². The Morgan fingerprint density at radius 1 is 1.12 bits per heavy atom. The Morgan fingerprint density at radius 3 is 2.31 bits per heavy atom. The smallest absolute Gasteiger partial charge is 0.317 e. The number of nitrogens with zero attached hydrogens (tertiary/aromatic N) is 1. The lowest BCUT2D eigenvalue weighted by atomic mass is 10.0. The third kappa shape index (κ3) is 5.94. The lowest BCUT2D eigenvalue weighted by Crippen LogP contribution is -2.33. The van der Waals surface area contributed by atoms with Crippen LogP contribution in [0.15, 0.2) is 59.5 Å². The number of benzene rings is 2. The number of rotatable bonds is 9. The van der Waals surface area contributed by atoms with Crippen LogP contribution < -0.4 is 4.72 Å². The molecule has 0 radical (unpaired) electrons. The third-order valence-corrected chi connectivity index (χ3v) is 5.52. The van der Waals surface area contributed by atoms with E-state index in [1.54, 1.807) is 36.2 Å². The van der Waals surface area contributed by atoms with Gasteiger partial charge in [-0.2, -0.15) is 0 Å². The zero-order valence-corrected chi connectivity index (χ0v) is 15.7. The number of hydrogen-bond acceptors (Lipinski definition) is 4. The Hall–Kier alpha value is -2.22. The van der Waals surface area contributed by atoms with Gasteiger partial charge in [0.25, 0.3) is 0 Å². The number of carboxylic acids is 1. The second-order valence-corrected chi connectivity index (χ2v) is 8.03. The molecule has 2 N–H and O–H groups in total. The molecule has 6 nitrogen and oxygen atoms in total. The Kier molecular flexibility index (Phi) is 6.90. The second kappa shape index (κ2) is 8.93. The van der Waals surface area contributed by atoms with E-state index in [1.807, 2.05) is 37.3 Å². The van der Waals surface area contributed by atoms with E-state index in [0.29, 0.717) is 13.0 Å². The molecule has 0 heterocycles. The van der Waals surface area contributed by atoms with Gasteiger partial charge in [-0.25, -0.2) is 13.1 Å². The van der Waals surface area contributed by atoms with E-state index in [2.05, 4.69) is 4.72 Å². The van der Waals surface area contributed by atoms with Crippen molar-refractivity contribution in [3.8, 4) is 0 Å². The van der Waals surface area contributed by atoms with Gasteiger partial charge in [-0.15, -0.1) is 0 Å². The first-order valence-electron chi connectivity index (χ1n) is 8.32. The Balaban J connectivity index is 2.18. The summed E-state index contributed by atoms with van der Waals surface area (Å²) in [7, 11) is -1.98. The minimum atomic E-state index is -3.68. The molecule has 0 aliphatic carbocycles. The Labute approximate surface area is 154 Å². The molecule has 0 bridgehead atoms. The van der Waals surface area contributed by atoms with Gasteiger partial charge < -0.3 is 5.11 Å². The molecule has 1 atom stereocenters. The molecule has 1 unspecified atom stereocenters. The van der Waals surface area contributed by atoms with E-state index in [-0.39, 0.29) is 11.4 Å². The van der Waals surface area contributed by atoms with Gasteiger partial charge in [-0.3, -0.25) is 9.69 Å². The molecule has 0 fully saturated rings. The Morgan fingerprint density at radius 2 is 1.73 bits per heavy atom. The van der Waals surface area contributed by atoms with E-state index in [1.165, 1.54) is 0 Å². The van der Waals surface area contributed by atoms with Crippen molar-refractivity contribution in [2.24, 2.45) is 0 Å². The number of sulfonamides is 1. The highest BCUT2D eigenvalue weighted by atomic mass is 32.2. The summed E-state index contributed by atoms with van der Waals surface area (Å²) in [5.74, 6) is -0.913. The molecule has 0 saturated heterocycles. The van der Waals surface area contributed by atoms with Gasteiger partial charge >= 0.3 is 5.97 Å². The van der Waals surface area contributed by atoms with Gasteiger partial charge in [0.15, 0.2) is 0 Å². The highest BCUT2D eigenvalue weighted by Gasteiger charge is 2.22. The van der Waals surface area contributed by atoms with Crippen LogP contribution in [0, 0.1) is 6.92 Å². The Bertz CT molecular complexity index is 820. The number of carbonyl (C=O) groups is 1. The van der Waals surface area contributed by atoms with Crippen LogP contribution >= 0.6 is 0 Å². The van der Waals surface area contributed by atoms with E-state index < -0.39 is 22.0 Å². The molecular formula is C19H24N2O4S. The molecule has 0 amide bonds. The highest BCUT2D eigenvalue weighted by Crippen LogP contribution is 2.21. The molecule has 0 aliphatic heterocycles. The summed E-state index contributed by atoms with van der Waals surface area (Å²) in [5, 5.41) is 8.87. The monoisotopic (exact) mass is 376 g/mol. The molecule has 2 aromatic rings. The zero-order valence-electron chi connectivity index (χ0n) is 14.9. The summed E-state index contributed by atoms with van der Waals surface area (Å²) in [5.41, 5.74) is 1.82. The first-order chi connectivity index (χ1) is 12.3. The van der Waals surface area contributed by atoms with Crippen LogP contribution in [0.3, 0.4) is 0 Å². The van der Waals surface area contributed by atoms with Gasteiger partial charge in [0.05, 0.1) is 11.4 Å². The van der Waals surface area contributed by atoms with Crippen molar-refractivity contribution in [3.63, 3.8) is 0 Å². The first kappa shape index (κ1) is 20.1. The normalized spacial score (nSPS) is 12.9. The minimum absolute atomic E-state index is 0.0910. The average molecular weight is 376 g/mol. The average Bonchev–Trinajstić information content (AvgIpc) is 2.59. The fourth-order valence-corrected chi connectivity index (χ4v) is 3.87. The number of likely N-dealkylation sites (N-methyl/N-ethyl adjacent to an activating group) is 1. The maximum atomic E-state index is 12.7. The molecule has 26 heavy (non-hydrogen) atoms. The van der Waals surface area contributed by atoms with Gasteiger partial charge in [0.2, 0.25) is 10.0 Å². The predicted octanol–water partition coefficient (Wildman–Crippen LogP) is 2.42. The zero-order chi connectivity index (χ0) is 19.2. The lowest BCUT2D eigenvalue weighted by Gasteiger charge is -2.22. The van der Waals surface area contributed by atoms with E-state index in [9.17, 15) is 13.2 Å². The first-order valence-corrected chi connectivity index (χ1v) is 9.80. The summed E-state index contributed by atoms with van der Waals surface area (Å²) in [6.07, 6.45) is 0.457. The third-order valence-electron chi connectivity index (χ3n) is 4.04. The van der Waals surface area contributed by atoms with Crippen LogP contribution in [-0.4, -0.2) is 44.5 Å². The number of nitrogens with one attached hydrogen (secondary N) is 1. The molecule has 0 aliphatic rings. The fraction of sp³-hybridized carbons (Fsp3) is 0.316. The maximum Gasteiger partial charge on any atom is 0.317 e. The van der Waals surface area contributed by atoms with Crippen molar-refractivity contribution in [2.45, 2.75) is 24.3 Å². The number of carboxylic acid groups (broad SMARTS) is 1. The summed E-state index contributed by atoms with van der Waals surface area (Å²) in [4.78, 5) is 12.7. The van der Waals surface area contributed by atoms with Crippen molar-refractivity contribution in [1.29, 1.82) is 0 Å². The number of aliphatic carboxylic acids is 1. The van der Waals surface area contributed by atoms with E-state index in [0.717, 1.165) is 11.1 Å². The van der Waals surface area contributed by atoms with Gasteiger partial charge in [0.1, 0.15) is 0 Å². The van der Waals surface area contributed by atoms with Crippen molar-refractivity contribution in [2.75, 3.05) is 20.1 Å². The number of hydrogen-bond donors (Lipinski definition) is 2. The molecule has 0 spiro atoms. The topological polar surface area (TPSA) is 86.7 Å². The summed E-state index contributed by atoms with van der Waals surface area (Å²) in [6.45, 7) is 2.25. The maximum absolute atomic E-state index is 12.7. The second-order valence-electron chi connectivity index (χ2n) is 6.32. The molecule has 0 aromatic heterocycles. The van der Waals surface area contributed by atoms with Gasteiger partial charge in [0, 0.05) is 12.6 Å². The molecular weight excluding hydrogens is 352 g/mol. The molecule has 7 heteroatoms. The van der Waals surface area contributed by atoms with Crippen LogP contribution in [0.4, 0.5) is 0 Å². The molecule has 2 rings (SSSR count). The van der Waals surface area contributed by atoms with Crippen LogP contribution in [0.5, 0.6) is 0 Å². The molecule has 140 valence electrons. The molecule has 0 saturated carbocycles. The highest BCUT2D eigenvalue weighted by molar-refractivity contribution is 7.89. The van der Waals surface area contributed by atoms with Crippen LogP contribution in [0.1, 0.15) is 23.6 Å². The van der Waals surface area contributed by atoms with Gasteiger partial charge in [-0.1, -0.05) is 48.0 Å². The SMILES string of the molecule is Cc1ccc(S(=O)(=O)NC(CCN(C)CC(=O)O)c2ccccc2)cc1. The predicted molar refractivity (Wildman–Crippen MR) is 100 cm³/mol. The quantitative estimate of drug-likeness (QED) is 0.702. The van der Waals surface area contributed by atoms with E-state index >= 15 is 0 Å².